The fourth-order valence-corrected chi connectivity index (χ4v) is 1.60. The lowest BCUT2D eigenvalue weighted by Crippen LogP contribution is -1.97. The van der Waals surface area contributed by atoms with E-state index in [1.54, 1.807) is 18.5 Å². The van der Waals surface area contributed by atoms with Gasteiger partial charge in [0.15, 0.2) is 5.82 Å². The Morgan fingerprint density at radius 3 is 2.40 bits per heavy atom. The molecule has 15 heavy (non-hydrogen) atoms. The van der Waals surface area contributed by atoms with Crippen molar-refractivity contribution in [2.45, 2.75) is 13.8 Å². The molecule has 0 saturated heterocycles. The van der Waals surface area contributed by atoms with Crippen LogP contribution in [0.3, 0.4) is 0 Å². The van der Waals surface area contributed by atoms with E-state index in [-0.39, 0.29) is 0 Å². The van der Waals surface area contributed by atoms with Crippen LogP contribution in [0.15, 0.2) is 30.6 Å². The number of nitrogen functional groups attached to an aromatic ring is 1. The quantitative estimate of drug-likeness (QED) is 0.717. The van der Waals surface area contributed by atoms with E-state index in [0.29, 0.717) is 5.82 Å². The maximum Gasteiger partial charge on any atom is 0.161 e. The second-order valence-electron chi connectivity index (χ2n) is 3.62. The summed E-state index contributed by atoms with van der Waals surface area (Å²) in [6, 6.07) is 5.86. The molecule has 1 aromatic carbocycles. The molecule has 0 aliphatic rings. The first-order valence-corrected chi connectivity index (χ1v) is 4.82. The van der Waals surface area contributed by atoms with Crippen LogP contribution in [0, 0.1) is 13.8 Å². The van der Waals surface area contributed by atoms with Crippen LogP contribution in [0.1, 0.15) is 11.1 Å². The molecule has 0 fully saturated rings. The standard InChI is InChI=1S/C12H13N3/c1-8-6-9(2)11(13)10(7-8)12-14-4-3-5-15-12/h3-7H,13H2,1-2H3. The van der Waals surface area contributed by atoms with Gasteiger partial charge in [-0.05, 0) is 37.1 Å². The zero-order chi connectivity index (χ0) is 10.8. The van der Waals surface area contributed by atoms with Crippen molar-refractivity contribution < 1.29 is 0 Å². The molecule has 0 atom stereocenters. The Kier molecular flexibility index (Phi) is 2.37. The van der Waals surface area contributed by atoms with Gasteiger partial charge in [0.05, 0.1) is 0 Å². The highest BCUT2D eigenvalue weighted by Crippen LogP contribution is 2.26. The summed E-state index contributed by atoms with van der Waals surface area (Å²) in [5.41, 5.74) is 9.91. The summed E-state index contributed by atoms with van der Waals surface area (Å²) in [5, 5.41) is 0. The highest BCUT2D eigenvalue weighted by Gasteiger charge is 2.07. The number of hydrogen-bond acceptors (Lipinski definition) is 3. The number of benzene rings is 1. The molecule has 1 heterocycles. The molecule has 0 aliphatic carbocycles. The van der Waals surface area contributed by atoms with E-state index >= 15 is 0 Å². The molecule has 0 radical (unpaired) electrons. The van der Waals surface area contributed by atoms with Gasteiger partial charge in [0, 0.05) is 23.6 Å². The summed E-state index contributed by atoms with van der Waals surface area (Å²) in [4.78, 5) is 8.40. The largest absolute Gasteiger partial charge is 0.398 e. The molecule has 0 saturated carbocycles. The van der Waals surface area contributed by atoms with Gasteiger partial charge in [-0.15, -0.1) is 0 Å². The lowest BCUT2D eigenvalue weighted by atomic mass is 10.0. The maximum absolute atomic E-state index is 6.00. The Bertz CT molecular complexity index is 478. The molecule has 76 valence electrons. The minimum atomic E-state index is 0.682. The highest BCUT2D eigenvalue weighted by atomic mass is 14.9. The third-order valence-corrected chi connectivity index (χ3v) is 2.34. The van der Waals surface area contributed by atoms with Crippen molar-refractivity contribution in [2.75, 3.05) is 5.73 Å². The normalized spacial score (nSPS) is 10.3. The van der Waals surface area contributed by atoms with Gasteiger partial charge in [-0.25, -0.2) is 9.97 Å². The van der Waals surface area contributed by atoms with Crippen molar-refractivity contribution in [2.24, 2.45) is 0 Å². The monoisotopic (exact) mass is 199 g/mol. The van der Waals surface area contributed by atoms with Crippen molar-refractivity contribution >= 4 is 5.69 Å². The molecule has 0 aliphatic heterocycles. The van der Waals surface area contributed by atoms with E-state index in [4.69, 9.17) is 5.73 Å². The molecule has 2 N–H and O–H groups in total. The van der Waals surface area contributed by atoms with Crippen LogP contribution in [-0.2, 0) is 0 Å². The topological polar surface area (TPSA) is 51.8 Å². The minimum Gasteiger partial charge on any atom is -0.398 e. The Morgan fingerprint density at radius 1 is 1.07 bits per heavy atom. The molecule has 0 amide bonds. The van der Waals surface area contributed by atoms with Crippen molar-refractivity contribution in [1.82, 2.24) is 9.97 Å². The van der Waals surface area contributed by atoms with Crippen LogP contribution in [0.5, 0.6) is 0 Å². The first-order chi connectivity index (χ1) is 7.18. The van der Waals surface area contributed by atoms with E-state index < -0.39 is 0 Å². The lowest BCUT2D eigenvalue weighted by molar-refractivity contribution is 1.17. The number of nitrogens with zero attached hydrogens (tertiary/aromatic N) is 2. The van der Waals surface area contributed by atoms with Crippen LogP contribution < -0.4 is 5.73 Å². The molecule has 3 nitrogen and oxygen atoms in total. The fourth-order valence-electron chi connectivity index (χ4n) is 1.60. The van der Waals surface area contributed by atoms with Crippen LogP contribution >= 0.6 is 0 Å². The van der Waals surface area contributed by atoms with Crippen LogP contribution in [-0.4, -0.2) is 9.97 Å². The zero-order valence-corrected chi connectivity index (χ0v) is 8.86. The first-order valence-electron chi connectivity index (χ1n) is 4.82. The molecule has 0 spiro atoms. The summed E-state index contributed by atoms with van der Waals surface area (Å²) in [7, 11) is 0. The van der Waals surface area contributed by atoms with Gasteiger partial charge in [-0.3, -0.25) is 0 Å². The Morgan fingerprint density at radius 2 is 1.73 bits per heavy atom. The molecule has 3 heteroatoms. The van der Waals surface area contributed by atoms with Crippen molar-refractivity contribution in [3.63, 3.8) is 0 Å². The second-order valence-corrected chi connectivity index (χ2v) is 3.62. The summed E-state index contributed by atoms with van der Waals surface area (Å²) in [6.45, 7) is 4.04. The predicted octanol–water partition coefficient (Wildman–Crippen LogP) is 2.34. The summed E-state index contributed by atoms with van der Waals surface area (Å²) in [6.07, 6.45) is 3.44. The molecule has 2 rings (SSSR count). The fraction of sp³-hybridized carbons (Fsp3) is 0.167. The van der Waals surface area contributed by atoms with Crippen LogP contribution in [0.4, 0.5) is 5.69 Å². The van der Waals surface area contributed by atoms with Crippen molar-refractivity contribution in [1.29, 1.82) is 0 Å². The average molecular weight is 199 g/mol. The van der Waals surface area contributed by atoms with Crippen LogP contribution in [0.25, 0.3) is 11.4 Å². The van der Waals surface area contributed by atoms with Gasteiger partial charge in [-0.1, -0.05) is 6.07 Å². The molecule has 1 aromatic heterocycles. The molecular formula is C12H13N3. The number of aromatic nitrogens is 2. The second kappa shape index (κ2) is 3.69. The van der Waals surface area contributed by atoms with Crippen LogP contribution in [0.2, 0.25) is 0 Å². The van der Waals surface area contributed by atoms with Gasteiger partial charge in [-0.2, -0.15) is 0 Å². The number of nitrogens with two attached hydrogens (primary N) is 1. The Hall–Kier alpha value is -1.90. The average Bonchev–Trinajstić information content (AvgIpc) is 2.24. The highest BCUT2D eigenvalue weighted by molar-refractivity contribution is 5.74. The molecular weight excluding hydrogens is 186 g/mol. The minimum absolute atomic E-state index is 0.682. The van der Waals surface area contributed by atoms with E-state index in [1.165, 1.54) is 5.56 Å². The predicted molar refractivity (Wildman–Crippen MR) is 61.4 cm³/mol. The summed E-state index contributed by atoms with van der Waals surface area (Å²) < 4.78 is 0. The zero-order valence-electron chi connectivity index (χ0n) is 8.86. The van der Waals surface area contributed by atoms with Gasteiger partial charge in [0.25, 0.3) is 0 Å². The Balaban J connectivity index is 2.63. The third-order valence-electron chi connectivity index (χ3n) is 2.34. The summed E-state index contributed by atoms with van der Waals surface area (Å²) in [5.74, 6) is 0.682. The number of anilines is 1. The Labute approximate surface area is 89.0 Å². The number of rotatable bonds is 1. The van der Waals surface area contributed by atoms with Crippen molar-refractivity contribution in [3.8, 4) is 11.4 Å². The SMILES string of the molecule is Cc1cc(C)c(N)c(-c2ncccn2)c1. The van der Waals surface area contributed by atoms with Gasteiger partial charge in [0.2, 0.25) is 0 Å². The molecule has 0 unspecified atom stereocenters. The van der Waals surface area contributed by atoms with E-state index in [9.17, 15) is 0 Å². The summed E-state index contributed by atoms with van der Waals surface area (Å²) >= 11 is 0. The smallest absolute Gasteiger partial charge is 0.161 e. The number of hydrogen-bond donors (Lipinski definition) is 1. The van der Waals surface area contributed by atoms with E-state index in [0.717, 1.165) is 16.8 Å². The van der Waals surface area contributed by atoms with Gasteiger partial charge < -0.3 is 5.73 Å². The van der Waals surface area contributed by atoms with E-state index in [1.807, 2.05) is 19.9 Å². The third kappa shape index (κ3) is 1.81. The first kappa shape index (κ1) is 9.65. The maximum atomic E-state index is 6.00. The molecule has 2 aromatic rings. The number of aryl methyl sites for hydroxylation is 2. The molecule has 0 bridgehead atoms. The van der Waals surface area contributed by atoms with E-state index in [2.05, 4.69) is 16.0 Å². The van der Waals surface area contributed by atoms with Gasteiger partial charge in [0.1, 0.15) is 0 Å². The van der Waals surface area contributed by atoms with Crippen molar-refractivity contribution in [3.05, 3.63) is 41.7 Å². The lowest BCUT2D eigenvalue weighted by Gasteiger charge is -2.08. The van der Waals surface area contributed by atoms with Gasteiger partial charge >= 0.3 is 0 Å².